The number of cyclic esters (lactones) is 1. The van der Waals surface area contributed by atoms with Gasteiger partial charge in [-0.3, -0.25) is 29.3 Å². The van der Waals surface area contributed by atoms with Crippen LogP contribution in [0.2, 0.25) is 0 Å². The van der Waals surface area contributed by atoms with Gasteiger partial charge in [0.05, 0.1) is 79.3 Å². The van der Waals surface area contributed by atoms with Crippen LogP contribution in [0.1, 0.15) is 93.5 Å². The SMILES string of the molecule is CO[C@@H](C)c1ncc(N2CCN(C3COC3)CC2)cc1-c1c2c3cc(ccc3n1CCOC1CCOCC1)-c1csc(n1)[C@@H](OCC(F)F)[C@H](NC(=O)[C@@H]1[C@@H](C)[C@H]1c1cocn1)C(=O)N1CCC[C@H](N1)C(=O)OCC(C)(C)C2. The number of thiazole rings is 1. The molecule has 5 aromatic rings. The van der Waals surface area contributed by atoms with E-state index in [-0.39, 0.29) is 42.2 Å². The van der Waals surface area contributed by atoms with Crippen molar-refractivity contribution in [3.8, 4) is 22.5 Å². The van der Waals surface area contributed by atoms with E-state index in [1.54, 1.807) is 7.11 Å². The lowest BCUT2D eigenvalue weighted by Gasteiger charge is -2.43. The fourth-order valence-corrected chi connectivity index (χ4v) is 12.8. The zero-order valence-electron chi connectivity index (χ0n) is 45.0. The van der Waals surface area contributed by atoms with Crippen molar-refractivity contribution >= 4 is 45.7 Å². The van der Waals surface area contributed by atoms with Gasteiger partial charge in [0.15, 0.2) is 6.39 Å². The first kappa shape index (κ1) is 54.5. The lowest BCUT2D eigenvalue weighted by Crippen LogP contribution is -2.61. The number of piperazine rings is 1. The molecule has 1 aromatic carbocycles. The molecule has 1 saturated carbocycles. The molecule has 11 rings (SSSR count). The number of alkyl halides is 2. The third kappa shape index (κ3) is 11.5. The third-order valence-electron chi connectivity index (χ3n) is 16.5. The van der Waals surface area contributed by atoms with Gasteiger partial charge in [0.25, 0.3) is 12.3 Å². The van der Waals surface area contributed by atoms with Gasteiger partial charge in [-0.2, -0.15) is 0 Å². The number of ether oxygens (including phenoxy) is 6. The van der Waals surface area contributed by atoms with Crippen molar-refractivity contribution in [3.63, 3.8) is 0 Å². The van der Waals surface area contributed by atoms with E-state index in [2.05, 4.69) is 62.1 Å². The number of pyridine rings is 1. The Labute approximate surface area is 456 Å². The minimum atomic E-state index is -2.90. The highest BCUT2D eigenvalue weighted by atomic mass is 32.1. The number of hydrazine groups is 1. The van der Waals surface area contributed by atoms with Crippen LogP contribution in [-0.2, 0) is 55.8 Å². The molecule has 5 fully saturated rings. The Kier molecular flexibility index (Phi) is 16.3. The first-order chi connectivity index (χ1) is 37.7. The maximum atomic E-state index is 14.9. The number of oxazole rings is 1. The molecular weight excluding hydrogens is 1030 g/mol. The van der Waals surface area contributed by atoms with E-state index < -0.39 is 60.3 Å². The summed E-state index contributed by atoms with van der Waals surface area (Å²) in [5, 5.41) is 7.15. The number of halogens is 2. The number of rotatable bonds is 15. The maximum Gasteiger partial charge on any atom is 0.324 e. The average molecular weight is 1100 g/mol. The minimum absolute atomic E-state index is 0.0382. The van der Waals surface area contributed by atoms with Crippen molar-refractivity contribution in [1.82, 2.24) is 40.2 Å². The fraction of sp³-hybridized carbons (Fsp3) is 0.607. The van der Waals surface area contributed by atoms with Gasteiger partial charge < -0.3 is 47.6 Å². The van der Waals surface area contributed by atoms with Crippen LogP contribution in [0.4, 0.5) is 14.5 Å². The van der Waals surface area contributed by atoms with E-state index in [0.29, 0.717) is 63.1 Å². The predicted molar refractivity (Wildman–Crippen MR) is 285 cm³/mol. The number of hydrogen-bond acceptors (Lipinski definition) is 17. The summed E-state index contributed by atoms with van der Waals surface area (Å²) < 4.78 is 72.2. The van der Waals surface area contributed by atoms with Gasteiger partial charge in [-0.1, -0.05) is 26.8 Å². The lowest BCUT2D eigenvalue weighted by molar-refractivity contribution is -0.157. The van der Waals surface area contributed by atoms with Crippen molar-refractivity contribution in [2.75, 3.05) is 91.0 Å². The molecule has 4 saturated heterocycles. The smallest absolute Gasteiger partial charge is 0.324 e. The molecular formula is C56H71F2N9O10S. The van der Waals surface area contributed by atoms with Crippen molar-refractivity contribution < 1.29 is 56.0 Å². The zero-order chi connectivity index (χ0) is 54.2. The predicted octanol–water partition coefficient (Wildman–Crippen LogP) is 6.72. The second kappa shape index (κ2) is 23.3. The quantitative estimate of drug-likeness (QED) is 0.105. The molecule has 0 unspecified atom stereocenters. The molecule has 5 aliphatic heterocycles. The van der Waals surface area contributed by atoms with E-state index in [4.69, 9.17) is 42.8 Å². The highest BCUT2D eigenvalue weighted by Crippen LogP contribution is 2.53. The Morgan fingerprint density at radius 3 is 2.56 bits per heavy atom. The monoisotopic (exact) mass is 1100 g/mol. The molecule has 19 nitrogen and oxygen atoms in total. The topological polar surface area (TPSA) is 197 Å². The number of amides is 2. The highest BCUT2D eigenvalue weighted by Gasteiger charge is 2.55. The van der Waals surface area contributed by atoms with Crippen LogP contribution in [0.15, 0.2) is 52.9 Å². The number of methoxy groups -OCH3 is 1. The van der Waals surface area contributed by atoms with E-state index in [0.717, 1.165) is 108 Å². The Morgan fingerprint density at radius 1 is 1.03 bits per heavy atom. The molecule has 1 aliphatic carbocycles. The summed E-state index contributed by atoms with van der Waals surface area (Å²) >= 11 is 1.15. The van der Waals surface area contributed by atoms with Gasteiger partial charge in [0.1, 0.15) is 36.1 Å². The largest absolute Gasteiger partial charge is 0.464 e. The molecule has 420 valence electrons. The van der Waals surface area contributed by atoms with Crippen LogP contribution >= 0.6 is 11.3 Å². The molecule has 22 heteroatoms. The number of hydrogen-bond donors (Lipinski definition) is 2. The van der Waals surface area contributed by atoms with Crippen LogP contribution in [0.5, 0.6) is 0 Å². The Bertz CT molecular complexity index is 2920. The van der Waals surface area contributed by atoms with Crippen LogP contribution in [0.3, 0.4) is 0 Å². The molecule has 9 heterocycles. The molecule has 4 aromatic heterocycles. The van der Waals surface area contributed by atoms with E-state index in [1.807, 2.05) is 31.5 Å². The van der Waals surface area contributed by atoms with Gasteiger partial charge >= 0.3 is 5.97 Å². The van der Waals surface area contributed by atoms with E-state index >= 15 is 0 Å². The summed E-state index contributed by atoms with van der Waals surface area (Å²) in [6.45, 7) is 14.5. The van der Waals surface area contributed by atoms with E-state index in [1.165, 1.54) is 17.7 Å². The number of nitrogens with zero attached hydrogens (tertiary/aromatic N) is 7. The van der Waals surface area contributed by atoms with Crippen molar-refractivity contribution in [2.45, 2.75) is 115 Å². The van der Waals surface area contributed by atoms with Crippen LogP contribution in [-0.4, -0.2) is 164 Å². The summed E-state index contributed by atoms with van der Waals surface area (Å²) in [5.41, 5.74) is 9.87. The average Bonchev–Trinajstić information content (AvgIpc) is 4.10. The van der Waals surface area contributed by atoms with Crippen molar-refractivity contribution in [3.05, 3.63) is 70.5 Å². The first-order valence-corrected chi connectivity index (χ1v) is 28.4. The fourth-order valence-electron chi connectivity index (χ4n) is 11.9. The highest BCUT2D eigenvalue weighted by molar-refractivity contribution is 7.10. The molecule has 2 amide bonds. The Hall–Kier alpha value is -5.46. The summed E-state index contributed by atoms with van der Waals surface area (Å²) in [4.78, 5) is 63.0. The first-order valence-electron chi connectivity index (χ1n) is 27.5. The lowest BCUT2D eigenvalue weighted by atomic mass is 9.84. The summed E-state index contributed by atoms with van der Waals surface area (Å²) in [7, 11) is 1.69. The molecule has 2 N–H and O–H groups in total. The van der Waals surface area contributed by atoms with Gasteiger partial charge in [-0.05, 0) is 68.7 Å². The van der Waals surface area contributed by atoms with Crippen molar-refractivity contribution in [2.24, 2.45) is 17.3 Å². The van der Waals surface area contributed by atoms with Gasteiger partial charge in [-0.15, -0.1) is 11.3 Å². The van der Waals surface area contributed by atoms with Gasteiger partial charge in [-0.25, -0.2) is 24.2 Å². The molecule has 78 heavy (non-hydrogen) atoms. The number of esters is 1. The molecule has 7 atom stereocenters. The number of anilines is 1. The third-order valence-corrected chi connectivity index (χ3v) is 17.4. The van der Waals surface area contributed by atoms with Gasteiger partial charge in [0, 0.05) is 104 Å². The van der Waals surface area contributed by atoms with E-state index in [9.17, 15) is 23.2 Å². The second-order valence-corrected chi connectivity index (χ2v) is 23.3. The van der Waals surface area contributed by atoms with Crippen LogP contribution in [0.25, 0.3) is 33.4 Å². The molecule has 6 aliphatic rings. The molecule has 6 bridgehead atoms. The molecule has 0 spiro atoms. The number of fused-ring (bicyclic) bond motifs is 6. The molecule has 0 radical (unpaired) electrons. The van der Waals surface area contributed by atoms with Crippen molar-refractivity contribution in [1.29, 1.82) is 0 Å². The normalized spacial score (nSPS) is 25.9. The Morgan fingerprint density at radius 2 is 1.83 bits per heavy atom. The summed E-state index contributed by atoms with van der Waals surface area (Å²) in [6, 6.07) is 6.43. The second-order valence-electron chi connectivity index (χ2n) is 22.4. The number of benzene rings is 1. The summed E-state index contributed by atoms with van der Waals surface area (Å²) in [6.07, 6.45) is 2.95. The Balaban J connectivity index is 1.04. The maximum absolute atomic E-state index is 14.9. The number of carbonyl (C=O) groups is 3. The van der Waals surface area contributed by atoms with Crippen LogP contribution < -0.4 is 15.6 Å². The van der Waals surface area contributed by atoms with Crippen LogP contribution in [0, 0.1) is 17.3 Å². The standard InChI is InChI=1S/C56H71F2N9O10S/c1-32-46(42-27-74-31-60-42)47(32)52(68)62-49-51(76-28-45(57)58)53-61-43(29-78-53)34-8-9-44-38(21-34)40(23-56(3,4)30-77-55(70)41-7-6-12-67(63-41)54(49)69)50(66(44)17-20-75-37-10-18-72-19-11-37)39-22-35(24-59-48(39)33(2)71-5)64-13-15-65(16-14-64)36-25-73-26-36/h8-9,21-22,24,27,29,31-33,36-37,41,45-47,49,51,63H,6-7,10-20,23,25-26,28,30H2,1-5H3,(H,62,68)/t32-,33-,41-,46-,47+,49-,51-/m0/s1. The zero-order valence-corrected chi connectivity index (χ0v) is 45.8. The minimum Gasteiger partial charge on any atom is -0.464 e. The number of carbonyl (C=O) groups excluding carboxylic acids is 3. The van der Waals surface area contributed by atoms with Gasteiger partial charge in [0.2, 0.25) is 5.91 Å². The number of nitrogens with one attached hydrogen (secondary N) is 2. The number of aromatic nitrogens is 4. The summed E-state index contributed by atoms with van der Waals surface area (Å²) in [5.74, 6) is -2.70.